The van der Waals surface area contributed by atoms with Gasteiger partial charge in [-0.05, 0) is 52.9 Å². The van der Waals surface area contributed by atoms with E-state index in [0.717, 1.165) is 17.4 Å². The van der Waals surface area contributed by atoms with Gasteiger partial charge in [-0.25, -0.2) is 0 Å². The number of pyridine rings is 1. The van der Waals surface area contributed by atoms with Crippen LogP contribution in [0.4, 0.5) is 0 Å². The van der Waals surface area contributed by atoms with Gasteiger partial charge in [0.15, 0.2) is 0 Å². The van der Waals surface area contributed by atoms with E-state index in [1.807, 2.05) is 12.4 Å². The van der Waals surface area contributed by atoms with Gasteiger partial charge in [-0.1, -0.05) is 27.2 Å². The Balaban J connectivity index is 2.65. The number of nitrogens with one attached hydrogen (secondary N) is 1. The molecule has 0 saturated carbocycles. The number of aromatic nitrogens is 1. The molecular weight excluding hydrogens is 276 g/mol. The smallest absolute Gasteiger partial charge is 0.0410 e. The monoisotopic (exact) mass is 298 g/mol. The summed E-state index contributed by atoms with van der Waals surface area (Å²) in [7, 11) is 0. The second-order valence-electron chi connectivity index (χ2n) is 4.65. The van der Waals surface area contributed by atoms with Crippen LogP contribution in [0.15, 0.2) is 22.9 Å². The van der Waals surface area contributed by atoms with Crippen molar-refractivity contribution in [3.05, 3.63) is 28.5 Å². The van der Waals surface area contributed by atoms with Crippen molar-refractivity contribution in [2.24, 2.45) is 5.92 Å². The van der Waals surface area contributed by atoms with Gasteiger partial charge in [-0.2, -0.15) is 0 Å². The van der Waals surface area contributed by atoms with Crippen molar-refractivity contribution in [3.8, 4) is 0 Å². The highest BCUT2D eigenvalue weighted by atomic mass is 79.9. The summed E-state index contributed by atoms with van der Waals surface area (Å²) in [5, 5.41) is 3.59. The maximum Gasteiger partial charge on any atom is 0.0410 e. The molecule has 96 valence electrons. The molecule has 2 atom stereocenters. The third kappa shape index (κ3) is 5.17. The normalized spacial score (nSPS) is 14.6. The topological polar surface area (TPSA) is 24.9 Å². The van der Waals surface area contributed by atoms with E-state index in [4.69, 9.17) is 0 Å². The van der Waals surface area contributed by atoms with E-state index < -0.39 is 0 Å². The fraction of sp³-hybridized carbons (Fsp3) is 0.643. The van der Waals surface area contributed by atoms with E-state index in [1.54, 1.807) is 0 Å². The number of rotatable bonds is 7. The van der Waals surface area contributed by atoms with Crippen LogP contribution in [0.1, 0.15) is 39.2 Å². The first-order valence-corrected chi connectivity index (χ1v) is 7.29. The molecule has 0 fully saturated rings. The van der Waals surface area contributed by atoms with Gasteiger partial charge in [0, 0.05) is 22.9 Å². The molecule has 0 aliphatic carbocycles. The van der Waals surface area contributed by atoms with Gasteiger partial charge in [-0.3, -0.25) is 4.98 Å². The molecule has 1 N–H and O–H groups in total. The summed E-state index contributed by atoms with van der Waals surface area (Å²) in [6.45, 7) is 7.79. The molecule has 1 heterocycles. The number of halogens is 1. The SMILES string of the molecule is CCCC(C)C(Cc1cncc(Br)c1)NCC. The molecule has 0 bridgehead atoms. The summed E-state index contributed by atoms with van der Waals surface area (Å²) in [5.41, 5.74) is 1.30. The summed E-state index contributed by atoms with van der Waals surface area (Å²) in [4.78, 5) is 4.23. The zero-order chi connectivity index (χ0) is 12.7. The Morgan fingerprint density at radius 1 is 1.35 bits per heavy atom. The largest absolute Gasteiger partial charge is 0.314 e. The van der Waals surface area contributed by atoms with E-state index in [-0.39, 0.29) is 0 Å². The van der Waals surface area contributed by atoms with Crippen molar-refractivity contribution < 1.29 is 0 Å². The van der Waals surface area contributed by atoms with Gasteiger partial charge in [0.2, 0.25) is 0 Å². The molecule has 0 aliphatic heterocycles. The first-order valence-electron chi connectivity index (χ1n) is 6.50. The molecule has 2 nitrogen and oxygen atoms in total. The van der Waals surface area contributed by atoms with Crippen LogP contribution < -0.4 is 5.32 Å². The first kappa shape index (κ1) is 14.7. The Kier molecular flexibility index (Phi) is 6.75. The third-order valence-electron chi connectivity index (χ3n) is 3.11. The minimum Gasteiger partial charge on any atom is -0.314 e. The fourth-order valence-electron chi connectivity index (χ4n) is 2.21. The lowest BCUT2D eigenvalue weighted by Crippen LogP contribution is -2.36. The molecule has 0 aromatic carbocycles. The molecule has 0 saturated heterocycles. The molecule has 0 radical (unpaired) electrons. The Bertz CT molecular complexity index is 328. The van der Waals surface area contributed by atoms with E-state index in [0.29, 0.717) is 12.0 Å². The van der Waals surface area contributed by atoms with Crippen LogP contribution >= 0.6 is 15.9 Å². The van der Waals surface area contributed by atoms with Gasteiger partial charge in [-0.15, -0.1) is 0 Å². The average Bonchev–Trinajstić information content (AvgIpc) is 2.29. The molecule has 1 aromatic rings. The number of hydrogen-bond donors (Lipinski definition) is 1. The molecule has 0 spiro atoms. The van der Waals surface area contributed by atoms with Crippen molar-refractivity contribution >= 4 is 15.9 Å². The van der Waals surface area contributed by atoms with Gasteiger partial charge < -0.3 is 5.32 Å². The zero-order valence-corrected chi connectivity index (χ0v) is 12.6. The molecule has 0 aliphatic rings. The highest BCUT2D eigenvalue weighted by Gasteiger charge is 2.16. The van der Waals surface area contributed by atoms with Crippen molar-refractivity contribution in [1.29, 1.82) is 0 Å². The van der Waals surface area contributed by atoms with E-state index in [9.17, 15) is 0 Å². The lowest BCUT2D eigenvalue weighted by molar-refractivity contribution is 0.357. The van der Waals surface area contributed by atoms with Crippen molar-refractivity contribution in [2.75, 3.05) is 6.54 Å². The lowest BCUT2D eigenvalue weighted by atomic mass is 9.92. The Labute approximate surface area is 113 Å². The first-order chi connectivity index (χ1) is 8.17. The van der Waals surface area contributed by atoms with Gasteiger partial charge in [0.25, 0.3) is 0 Å². The summed E-state index contributed by atoms with van der Waals surface area (Å²) in [5.74, 6) is 0.707. The fourth-order valence-corrected chi connectivity index (χ4v) is 2.63. The van der Waals surface area contributed by atoms with Gasteiger partial charge in [0.1, 0.15) is 0 Å². The average molecular weight is 299 g/mol. The van der Waals surface area contributed by atoms with Crippen LogP contribution in [0.3, 0.4) is 0 Å². The molecule has 17 heavy (non-hydrogen) atoms. The van der Waals surface area contributed by atoms with Crippen LogP contribution in [0.25, 0.3) is 0 Å². The Morgan fingerprint density at radius 2 is 2.12 bits per heavy atom. The van der Waals surface area contributed by atoms with Crippen LogP contribution in [0.5, 0.6) is 0 Å². The minimum absolute atomic E-state index is 0.552. The number of nitrogens with zero attached hydrogens (tertiary/aromatic N) is 1. The summed E-state index contributed by atoms with van der Waals surface area (Å²) >= 11 is 3.48. The predicted molar refractivity (Wildman–Crippen MR) is 77.2 cm³/mol. The third-order valence-corrected chi connectivity index (χ3v) is 3.55. The van der Waals surface area contributed by atoms with Crippen molar-refractivity contribution in [3.63, 3.8) is 0 Å². The van der Waals surface area contributed by atoms with Crippen LogP contribution in [-0.2, 0) is 6.42 Å². The zero-order valence-electron chi connectivity index (χ0n) is 11.0. The lowest BCUT2D eigenvalue weighted by Gasteiger charge is -2.24. The number of likely N-dealkylation sites (N-methyl/N-ethyl adjacent to an activating group) is 1. The highest BCUT2D eigenvalue weighted by Crippen LogP contribution is 2.17. The van der Waals surface area contributed by atoms with Gasteiger partial charge in [0.05, 0.1) is 0 Å². The Hall–Kier alpha value is -0.410. The van der Waals surface area contributed by atoms with E-state index in [2.05, 4.69) is 53.1 Å². The summed E-state index contributed by atoms with van der Waals surface area (Å²) in [6, 6.07) is 2.71. The highest BCUT2D eigenvalue weighted by molar-refractivity contribution is 9.10. The van der Waals surface area contributed by atoms with Crippen molar-refractivity contribution in [2.45, 2.75) is 46.1 Å². The molecule has 3 heteroatoms. The van der Waals surface area contributed by atoms with Crippen LogP contribution in [0.2, 0.25) is 0 Å². The molecule has 1 aromatic heterocycles. The summed E-state index contributed by atoms with van der Waals surface area (Å²) in [6.07, 6.45) is 7.38. The number of hydrogen-bond acceptors (Lipinski definition) is 2. The summed E-state index contributed by atoms with van der Waals surface area (Å²) < 4.78 is 1.06. The quantitative estimate of drug-likeness (QED) is 0.828. The minimum atomic E-state index is 0.552. The van der Waals surface area contributed by atoms with Crippen molar-refractivity contribution in [1.82, 2.24) is 10.3 Å². The standard InChI is InChI=1S/C14H23BrN2/c1-4-6-11(3)14(17-5-2)8-12-7-13(15)10-16-9-12/h7,9-11,14,17H,4-6,8H2,1-3H3. The molecular formula is C14H23BrN2. The van der Waals surface area contributed by atoms with E-state index in [1.165, 1.54) is 18.4 Å². The maximum absolute atomic E-state index is 4.23. The molecule has 0 amide bonds. The maximum atomic E-state index is 4.23. The second-order valence-corrected chi connectivity index (χ2v) is 5.56. The molecule has 2 unspecified atom stereocenters. The predicted octanol–water partition coefficient (Wildman–Crippen LogP) is 3.80. The van der Waals surface area contributed by atoms with E-state index >= 15 is 0 Å². The van der Waals surface area contributed by atoms with Gasteiger partial charge >= 0.3 is 0 Å². The molecule has 1 rings (SSSR count). The Morgan fingerprint density at radius 3 is 2.71 bits per heavy atom. The van der Waals surface area contributed by atoms with Crippen LogP contribution in [0, 0.1) is 5.92 Å². The second kappa shape index (κ2) is 7.83. The van der Waals surface area contributed by atoms with Crippen LogP contribution in [-0.4, -0.2) is 17.6 Å².